The van der Waals surface area contributed by atoms with Crippen LogP contribution in [0.4, 0.5) is 10.1 Å². The van der Waals surface area contributed by atoms with Gasteiger partial charge in [-0.25, -0.2) is 4.39 Å². The van der Waals surface area contributed by atoms with Crippen LogP contribution in [-0.2, 0) is 0 Å². The van der Waals surface area contributed by atoms with Gasteiger partial charge in [-0.15, -0.1) is 0 Å². The number of anilines is 1. The fourth-order valence-corrected chi connectivity index (χ4v) is 0.842. The van der Waals surface area contributed by atoms with Crippen LogP contribution in [0, 0.1) is 17.7 Å². The van der Waals surface area contributed by atoms with Crippen LogP contribution in [0.5, 0.6) is 0 Å². The van der Waals surface area contributed by atoms with E-state index < -0.39 is 5.82 Å². The van der Waals surface area contributed by atoms with Gasteiger partial charge >= 0.3 is 0 Å². The molecule has 0 radical (unpaired) electrons. The monoisotopic (exact) mass is 178 g/mol. The lowest BCUT2D eigenvalue weighted by Gasteiger charge is -1.95. The fraction of sp³-hybridized carbons (Fsp3) is 0.200. The first-order valence-corrected chi connectivity index (χ1v) is 3.98. The number of rotatable bonds is 1. The highest BCUT2D eigenvalue weighted by Gasteiger charge is 1.96. The second-order valence-corrected chi connectivity index (χ2v) is 2.58. The Bertz CT molecular complexity index is 350. The highest BCUT2D eigenvalue weighted by atomic mass is 19.1. The van der Waals surface area contributed by atoms with E-state index in [1.54, 1.807) is 6.07 Å². The molecule has 3 heteroatoms. The third-order valence-corrected chi connectivity index (χ3v) is 1.50. The molecule has 68 valence electrons. The molecule has 0 heterocycles. The van der Waals surface area contributed by atoms with Crippen molar-refractivity contribution in [2.24, 2.45) is 5.73 Å². The Labute approximate surface area is 76.7 Å². The minimum absolute atomic E-state index is 0.143. The molecule has 1 aromatic rings. The molecule has 0 aliphatic carbocycles. The zero-order valence-electron chi connectivity index (χ0n) is 7.18. The van der Waals surface area contributed by atoms with Crippen molar-refractivity contribution in [3.63, 3.8) is 0 Å². The number of nitrogen functional groups attached to an aromatic ring is 1. The quantitative estimate of drug-likeness (QED) is 0.500. The second-order valence-electron chi connectivity index (χ2n) is 2.58. The van der Waals surface area contributed by atoms with E-state index in [0.717, 1.165) is 0 Å². The van der Waals surface area contributed by atoms with Gasteiger partial charge in [0.15, 0.2) is 0 Å². The first kappa shape index (κ1) is 9.56. The SMILES string of the molecule is NCCC#Cc1ccc(N)c(F)c1. The van der Waals surface area contributed by atoms with Crippen molar-refractivity contribution in [2.45, 2.75) is 6.42 Å². The van der Waals surface area contributed by atoms with Crippen LogP contribution in [0.3, 0.4) is 0 Å². The summed E-state index contributed by atoms with van der Waals surface area (Å²) in [5, 5.41) is 0. The molecule has 0 atom stereocenters. The Balaban J connectivity index is 2.81. The molecule has 4 N–H and O–H groups in total. The number of halogens is 1. The molecule has 0 unspecified atom stereocenters. The Morgan fingerprint density at radius 1 is 1.38 bits per heavy atom. The molecule has 0 saturated carbocycles. The topological polar surface area (TPSA) is 52.0 Å². The highest BCUT2D eigenvalue weighted by Crippen LogP contribution is 2.10. The zero-order valence-corrected chi connectivity index (χ0v) is 7.18. The summed E-state index contributed by atoms with van der Waals surface area (Å²) in [6.45, 7) is 0.518. The standard InChI is InChI=1S/C10H11FN2/c11-9-7-8(3-1-2-6-12)4-5-10(9)13/h4-5,7H,2,6,12-13H2. The molecule has 0 aromatic heterocycles. The van der Waals surface area contributed by atoms with Gasteiger partial charge in [-0.1, -0.05) is 11.8 Å². The zero-order chi connectivity index (χ0) is 9.68. The highest BCUT2D eigenvalue weighted by molar-refractivity contribution is 5.46. The average Bonchev–Trinajstić information content (AvgIpc) is 2.12. The molecule has 0 amide bonds. The van der Waals surface area contributed by atoms with Gasteiger partial charge < -0.3 is 11.5 Å². The molecule has 13 heavy (non-hydrogen) atoms. The molecule has 1 aromatic carbocycles. The first-order valence-electron chi connectivity index (χ1n) is 3.98. The van der Waals surface area contributed by atoms with Crippen molar-refractivity contribution < 1.29 is 4.39 Å². The van der Waals surface area contributed by atoms with Gasteiger partial charge in [0.2, 0.25) is 0 Å². The van der Waals surface area contributed by atoms with E-state index in [0.29, 0.717) is 18.5 Å². The first-order chi connectivity index (χ1) is 6.24. The third-order valence-electron chi connectivity index (χ3n) is 1.50. The Kier molecular flexibility index (Phi) is 3.30. The van der Waals surface area contributed by atoms with Gasteiger partial charge in [-0.2, -0.15) is 0 Å². The van der Waals surface area contributed by atoms with Crippen molar-refractivity contribution in [2.75, 3.05) is 12.3 Å². The molecule has 0 fully saturated rings. The number of benzene rings is 1. The normalized spacial score (nSPS) is 9.08. The minimum Gasteiger partial charge on any atom is -0.396 e. The summed E-state index contributed by atoms with van der Waals surface area (Å²) in [6.07, 6.45) is 0.617. The van der Waals surface area contributed by atoms with Crippen molar-refractivity contribution >= 4 is 5.69 Å². The van der Waals surface area contributed by atoms with Crippen LogP contribution in [-0.4, -0.2) is 6.54 Å². The maximum absolute atomic E-state index is 12.9. The van der Waals surface area contributed by atoms with E-state index in [4.69, 9.17) is 11.5 Å². The van der Waals surface area contributed by atoms with E-state index in [1.807, 2.05) is 0 Å². The maximum Gasteiger partial charge on any atom is 0.147 e. The number of hydrogen-bond acceptors (Lipinski definition) is 2. The average molecular weight is 178 g/mol. The summed E-state index contributed by atoms with van der Waals surface area (Å²) < 4.78 is 12.9. The van der Waals surface area contributed by atoms with Gasteiger partial charge in [-0.3, -0.25) is 0 Å². The van der Waals surface area contributed by atoms with Crippen LogP contribution < -0.4 is 11.5 Å². The molecule has 0 bridgehead atoms. The number of nitrogens with two attached hydrogens (primary N) is 2. The van der Waals surface area contributed by atoms with Crippen LogP contribution in [0.1, 0.15) is 12.0 Å². The van der Waals surface area contributed by atoms with Gasteiger partial charge in [0, 0.05) is 18.5 Å². The maximum atomic E-state index is 12.9. The third kappa shape index (κ3) is 2.77. The largest absolute Gasteiger partial charge is 0.396 e. The van der Waals surface area contributed by atoms with Gasteiger partial charge in [-0.05, 0) is 18.2 Å². The van der Waals surface area contributed by atoms with E-state index in [1.165, 1.54) is 12.1 Å². The summed E-state index contributed by atoms with van der Waals surface area (Å²) in [5.74, 6) is 5.17. The number of hydrogen-bond donors (Lipinski definition) is 2. The summed E-state index contributed by atoms with van der Waals surface area (Å²) in [4.78, 5) is 0. The molecular formula is C10H11FN2. The van der Waals surface area contributed by atoms with Gasteiger partial charge in [0.25, 0.3) is 0 Å². The second kappa shape index (κ2) is 4.48. The van der Waals surface area contributed by atoms with Crippen LogP contribution in [0.2, 0.25) is 0 Å². The molecule has 1 rings (SSSR count). The Hall–Kier alpha value is -1.53. The molecular weight excluding hydrogens is 167 g/mol. The van der Waals surface area contributed by atoms with Crippen molar-refractivity contribution in [3.05, 3.63) is 29.6 Å². The predicted octanol–water partition coefficient (Wildman–Crippen LogP) is 1.11. The molecule has 0 spiro atoms. The fourth-order valence-electron chi connectivity index (χ4n) is 0.842. The molecule has 0 aliphatic heterocycles. The molecule has 0 saturated heterocycles. The summed E-state index contributed by atoms with van der Waals surface area (Å²) >= 11 is 0. The van der Waals surface area contributed by atoms with Gasteiger partial charge in [0.1, 0.15) is 5.82 Å². The predicted molar refractivity (Wildman–Crippen MR) is 51.4 cm³/mol. The lowest BCUT2D eigenvalue weighted by Crippen LogP contribution is -1.95. The van der Waals surface area contributed by atoms with E-state index in [-0.39, 0.29) is 5.69 Å². The van der Waals surface area contributed by atoms with Crippen molar-refractivity contribution in [1.29, 1.82) is 0 Å². The van der Waals surface area contributed by atoms with E-state index in [2.05, 4.69) is 11.8 Å². The lowest BCUT2D eigenvalue weighted by atomic mass is 10.2. The Morgan fingerprint density at radius 3 is 2.77 bits per heavy atom. The van der Waals surface area contributed by atoms with Crippen LogP contribution in [0.15, 0.2) is 18.2 Å². The van der Waals surface area contributed by atoms with Crippen molar-refractivity contribution in [1.82, 2.24) is 0 Å². The smallest absolute Gasteiger partial charge is 0.147 e. The van der Waals surface area contributed by atoms with Crippen LogP contribution >= 0.6 is 0 Å². The molecule has 0 aliphatic rings. The molecule has 2 nitrogen and oxygen atoms in total. The summed E-state index contributed by atoms with van der Waals surface area (Å²) in [6, 6.07) is 4.50. The lowest BCUT2D eigenvalue weighted by molar-refractivity contribution is 0.632. The van der Waals surface area contributed by atoms with Gasteiger partial charge in [0.05, 0.1) is 5.69 Å². The Morgan fingerprint density at radius 2 is 2.15 bits per heavy atom. The summed E-state index contributed by atoms with van der Waals surface area (Å²) in [7, 11) is 0. The van der Waals surface area contributed by atoms with Crippen LogP contribution in [0.25, 0.3) is 0 Å². The minimum atomic E-state index is -0.431. The summed E-state index contributed by atoms with van der Waals surface area (Å²) in [5.41, 5.74) is 11.3. The van der Waals surface area contributed by atoms with E-state index in [9.17, 15) is 4.39 Å². The van der Waals surface area contributed by atoms with E-state index >= 15 is 0 Å². The van der Waals surface area contributed by atoms with Crippen molar-refractivity contribution in [3.8, 4) is 11.8 Å².